The zero-order valence-electron chi connectivity index (χ0n) is 9.51. The SMILES string of the molecule is CCC1(CNC2CCOC2C)CCC1. The lowest BCUT2D eigenvalue weighted by Crippen LogP contribution is -2.45. The Balaban J connectivity index is 1.75. The van der Waals surface area contributed by atoms with Crippen LogP contribution in [0.4, 0.5) is 0 Å². The maximum Gasteiger partial charge on any atom is 0.0700 e. The van der Waals surface area contributed by atoms with Crippen molar-refractivity contribution in [3.05, 3.63) is 0 Å². The van der Waals surface area contributed by atoms with E-state index in [1.54, 1.807) is 0 Å². The highest BCUT2D eigenvalue weighted by molar-refractivity contribution is 4.90. The average molecular weight is 197 g/mol. The van der Waals surface area contributed by atoms with Crippen LogP contribution < -0.4 is 5.32 Å². The third-order valence-corrected chi connectivity index (χ3v) is 4.28. The molecule has 0 aromatic heterocycles. The number of rotatable bonds is 4. The van der Waals surface area contributed by atoms with Crippen LogP contribution in [0.3, 0.4) is 0 Å². The Labute approximate surface area is 87.4 Å². The van der Waals surface area contributed by atoms with E-state index in [2.05, 4.69) is 19.2 Å². The van der Waals surface area contributed by atoms with Crippen LogP contribution in [0.1, 0.15) is 46.0 Å². The molecule has 2 unspecified atom stereocenters. The molecule has 0 aromatic carbocycles. The first kappa shape index (κ1) is 10.4. The quantitative estimate of drug-likeness (QED) is 0.747. The smallest absolute Gasteiger partial charge is 0.0700 e. The summed E-state index contributed by atoms with van der Waals surface area (Å²) in [5, 5.41) is 3.70. The molecule has 1 aliphatic carbocycles. The average Bonchev–Trinajstić information content (AvgIpc) is 2.51. The first-order valence-corrected chi connectivity index (χ1v) is 6.11. The Morgan fingerprint density at radius 1 is 1.43 bits per heavy atom. The molecule has 1 saturated carbocycles. The summed E-state index contributed by atoms with van der Waals surface area (Å²) in [6.45, 7) is 6.67. The highest BCUT2D eigenvalue weighted by atomic mass is 16.5. The molecule has 1 heterocycles. The fourth-order valence-electron chi connectivity index (χ4n) is 2.68. The van der Waals surface area contributed by atoms with Crippen LogP contribution >= 0.6 is 0 Å². The van der Waals surface area contributed by atoms with Crippen LogP contribution in [0.2, 0.25) is 0 Å². The third-order valence-electron chi connectivity index (χ3n) is 4.28. The third kappa shape index (κ3) is 1.96. The Morgan fingerprint density at radius 2 is 2.21 bits per heavy atom. The van der Waals surface area contributed by atoms with Crippen molar-refractivity contribution in [2.75, 3.05) is 13.2 Å². The minimum Gasteiger partial charge on any atom is -0.377 e. The molecule has 82 valence electrons. The van der Waals surface area contributed by atoms with Gasteiger partial charge in [0, 0.05) is 19.2 Å². The summed E-state index contributed by atoms with van der Waals surface area (Å²) in [5.41, 5.74) is 0.641. The molecule has 0 aromatic rings. The van der Waals surface area contributed by atoms with Crippen LogP contribution in [0.5, 0.6) is 0 Å². The highest BCUT2D eigenvalue weighted by Gasteiger charge is 2.36. The molecular weight excluding hydrogens is 174 g/mol. The normalized spacial score (nSPS) is 35.6. The van der Waals surface area contributed by atoms with Gasteiger partial charge in [-0.2, -0.15) is 0 Å². The molecule has 2 atom stereocenters. The fourth-order valence-corrected chi connectivity index (χ4v) is 2.68. The second-order valence-electron chi connectivity index (χ2n) is 5.06. The monoisotopic (exact) mass is 197 g/mol. The van der Waals surface area contributed by atoms with Crippen LogP contribution in [-0.4, -0.2) is 25.3 Å². The van der Waals surface area contributed by atoms with E-state index in [9.17, 15) is 0 Å². The Hall–Kier alpha value is -0.0800. The Morgan fingerprint density at radius 3 is 2.64 bits per heavy atom. The molecule has 2 fully saturated rings. The summed E-state index contributed by atoms with van der Waals surface area (Å²) >= 11 is 0. The molecule has 0 radical (unpaired) electrons. The lowest BCUT2D eigenvalue weighted by molar-refractivity contribution is 0.0923. The predicted molar refractivity (Wildman–Crippen MR) is 58.4 cm³/mol. The van der Waals surface area contributed by atoms with Crippen molar-refractivity contribution in [3.63, 3.8) is 0 Å². The van der Waals surface area contributed by atoms with Gasteiger partial charge in [-0.1, -0.05) is 13.3 Å². The van der Waals surface area contributed by atoms with Gasteiger partial charge >= 0.3 is 0 Å². The number of hydrogen-bond acceptors (Lipinski definition) is 2. The largest absolute Gasteiger partial charge is 0.377 e. The van der Waals surface area contributed by atoms with Crippen LogP contribution in [0.15, 0.2) is 0 Å². The minimum atomic E-state index is 0.420. The van der Waals surface area contributed by atoms with Crippen LogP contribution in [0.25, 0.3) is 0 Å². The summed E-state index contributed by atoms with van der Waals surface area (Å²) in [6.07, 6.45) is 7.25. The van der Waals surface area contributed by atoms with E-state index in [0.29, 0.717) is 17.6 Å². The van der Waals surface area contributed by atoms with Crippen molar-refractivity contribution >= 4 is 0 Å². The standard InChI is InChI=1S/C12H23NO/c1-3-12(6-4-7-12)9-13-11-5-8-14-10(11)2/h10-11,13H,3-9H2,1-2H3. The second kappa shape index (κ2) is 4.19. The van der Waals surface area contributed by atoms with Gasteiger partial charge in [0.25, 0.3) is 0 Å². The van der Waals surface area contributed by atoms with Crippen molar-refractivity contribution in [2.45, 2.75) is 58.1 Å². The molecule has 2 aliphatic rings. The molecule has 2 nitrogen and oxygen atoms in total. The van der Waals surface area contributed by atoms with E-state index in [-0.39, 0.29) is 0 Å². The molecule has 1 aliphatic heterocycles. The number of hydrogen-bond donors (Lipinski definition) is 1. The lowest BCUT2D eigenvalue weighted by Gasteiger charge is -2.42. The Kier molecular flexibility index (Phi) is 3.13. The van der Waals surface area contributed by atoms with Crippen molar-refractivity contribution in [3.8, 4) is 0 Å². The predicted octanol–water partition coefficient (Wildman–Crippen LogP) is 2.33. The van der Waals surface area contributed by atoms with Crippen molar-refractivity contribution in [2.24, 2.45) is 5.41 Å². The topological polar surface area (TPSA) is 21.3 Å². The maximum atomic E-state index is 5.55. The molecule has 1 N–H and O–H groups in total. The van der Waals surface area contributed by atoms with E-state index in [1.807, 2.05) is 0 Å². The summed E-state index contributed by atoms with van der Waals surface area (Å²) in [6, 6.07) is 0.610. The zero-order valence-corrected chi connectivity index (χ0v) is 9.51. The van der Waals surface area contributed by atoms with Gasteiger partial charge < -0.3 is 10.1 Å². The molecule has 0 amide bonds. The van der Waals surface area contributed by atoms with E-state index < -0.39 is 0 Å². The summed E-state index contributed by atoms with van der Waals surface area (Å²) in [7, 11) is 0. The van der Waals surface area contributed by atoms with Crippen molar-refractivity contribution in [1.29, 1.82) is 0 Å². The maximum absolute atomic E-state index is 5.55. The van der Waals surface area contributed by atoms with Gasteiger partial charge in [-0.15, -0.1) is 0 Å². The number of nitrogens with one attached hydrogen (secondary N) is 1. The van der Waals surface area contributed by atoms with Gasteiger partial charge in [0.2, 0.25) is 0 Å². The first-order chi connectivity index (χ1) is 6.76. The summed E-state index contributed by atoms with van der Waals surface area (Å²) in [4.78, 5) is 0. The van der Waals surface area contributed by atoms with Gasteiger partial charge in [-0.3, -0.25) is 0 Å². The van der Waals surface area contributed by atoms with Gasteiger partial charge in [0.15, 0.2) is 0 Å². The van der Waals surface area contributed by atoms with Crippen molar-refractivity contribution in [1.82, 2.24) is 5.32 Å². The van der Waals surface area contributed by atoms with E-state index >= 15 is 0 Å². The van der Waals surface area contributed by atoms with Crippen LogP contribution in [-0.2, 0) is 4.74 Å². The molecule has 0 spiro atoms. The Bertz CT molecular complexity index is 183. The molecule has 1 saturated heterocycles. The van der Waals surface area contributed by atoms with Gasteiger partial charge in [0.05, 0.1) is 6.10 Å². The molecular formula is C12H23NO. The van der Waals surface area contributed by atoms with Crippen LogP contribution in [0, 0.1) is 5.41 Å². The fraction of sp³-hybridized carbons (Fsp3) is 1.00. The second-order valence-corrected chi connectivity index (χ2v) is 5.06. The van der Waals surface area contributed by atoms with E-state index in [0.717, 1.165) is 6.61 Å². The van der Waals surface area contributed by atoms with Gasteiger partial charge in [0.1, 0.15) is 0 Å². The summed E-state index contributed by atoms with van der Waals surface area (Å²) < 4.78 is 5.55. The molecule has 14 heavy (non-hydrogen) atoms. The number of ether oxygens (including phenoxy) is 1. The molecule has 2 rings (SSSR count). The zero-order chi connectivity index (χ0) is 10.0. The first-order valence-electron chi connectivity index (χ1n) is 6.11. The van der Waals surface area contributed by atoms with Gasteiger partial charge in [-0.25, -0.2) is 0 Å². The molecule has 2 heteroatoms. The molecule has 0 bridgehead atoms. The van der Waals surface area contributed by atoms with E-state index in [4.69, 9.17) is 4.74 Å². The lowest BCUT2D eigenvalue weighted by atomic mass is 9.67. The minimum absolute atomic E-state index is 0.420. The van der Waals surface area contributed by atoms with Crippen molar-refractivity contribution < 1.29 is 4.74 Å². The van der Waals surface area contributed by atoms with E-state index in [1.165, 1.54) is 38.6 Å². The highest BCUT2D eigenvalue weighted by Crippen LogP contribution is 2.43. The van der Waals surface area contributed by atoms with Gasteiger partial charge in [-0.05, 0) is 38.0 Å². The summed E-state index contributed by atoms with van der Waals surface area (Å²) in [5.74, 6) is 0.